The Morgan fingerprint density at radius 1 is 1.08 bits per heavy atom. The van der Waals surface area contributed by atoms with E-state index >= 15 is 0 Å². The van der Waals surface area contributed by atoms with Crippen LogP contribution in [0.1, 0.15) is 18.1 Å². The van der Waals surface area contributed by atoms with E-state index in [0.29, 0.717) is 5.57 Å². The third-order valence-corrected chi connectivity index (χ3v) is 6.36. The van der Waals surface area contributed by atoms with Gasteiger partial charge in [0, 0.05) is 6.54 Å². The summed E-state index contributed by atoms with van der Waals surface area (Å²) in [6, 6.07) is 15.9. The van der Waals surface area contributed by atoms with Gasteiger partial charge < -0.3 is 5.11 Å². The zero-order valence-electron chi connectivity index (χ0n) is 13.8. The van der Waals surface area contributed by atoms with E-state index < -0.39 is 22.2 Å². The lowest BCUT2D eigenvalue weighted by Gasteiger charge is -2.21. The lowest BCUT2D eigenvalue weighted by atomic mass is 10.1. The molecule has 1 aliphatic rings. The van der Waals surface area contributed by atoms with Crippen LogP contribution in [0, 0.1) is 6.92 Å². The van der Waals surface area contributed by atoms with Crippen LogP contribution < -0.4 is 0 Å². The van der Waals surface area contributed by atoms with E-state index in [9.17, 15) is 13.5 Å². The van der Waals surface area contributed by atoms with Crippen molar-refractivity contribution in [1.82, 2.24) is 4.31 Å². The Kier molecular flexibility index (Phi) is 4.58. The number of aliphatic hydroxyl groups excluding tert-OH is 1. The van der Waals surface area contributed by atoms with E-state index in [2.05, 4.69) is 0 Å². The lowest BCUT2D eigenvalue weighted by molar-refractivity contribution is 0.173. The molecule has 1 saturated heterocycles. The van der Waals surface area contributed by atoms with Gasteiger partial charge in [-0.1, -0.05) is 54.1 Å². The fraction of sp³-hybridized carbons (Fsp3) is 0.263. The first-order chi connectivity index (χ1) is 11.4. The third kappa shape index (κ3) is 3.15. The highest BCUT2D eigenvalue weighted by molar-refractivity contribution is 7.89. The van der Waals surface area contributed by atoms with Crippen molar-refractivity contribution in [3.8, 4) is 0 Å². The summed E-state index contributed by atoms with van der Waals surface area (Å²) in [4.78, 5) is 0.258. The fourth-order valence-electron chi connectivity index (χ4n) is 2.93. The Bertz CT molecular complexity index is 842. The first-order valence-electron chi connectivity index (χ1n) is 7.91. The second kappa shape index (κ2) is 6.51. The number of nitrogens with zero attached hydrogens (tertiary/aromatic N) is 1. The van der Waals surface area contributed by atoms with Crippen molar-refractivity contribution in [2.75, 3.05) is 6.54 Å². The number of rotatable bonds is 3. The molecule has 2 aromatic rings. The van der Waals surface area contributed by atoms with E-state index in [4.69, 9.17) is 0 Å². The fourth-order valence-corrected chi connectivity index (χ4v) is 4.55. The minimum Gasteiger partial charge on any atom is -0.387 e. The minimum atomic E-state index is -3.63. The average Bonchev–Trinajstić information content (AvgIpc) is 2.85. The summed E-state index contributed by atoms with van der Waals surface area (Å²) < 4.78 is 27.1. The molecule has 3 rings (SSSR count). The molecule has 1 aliphatic heterocycles. The van der Waals surface area contributed by atoms with E-state index in [1.165, 1.54) is 4.31 Å². The molecule has 2 aromatic carbocycles. The topological polar surface area (TPSA) is 57.6 Å². The van der Waals surface area contributed by atoms with Crippen LogP contribution in [0.25, 0.3) is 6.08 Å². The van der Waals surface area contributed by atoms with Crippen LogP contribution in [0.4, 0.5) is 0 Å². The molecule has 0 amide bonds. The second-order valence-corrected chi connectivity index (χ2v) is 8.07. The molecule has 0 saturated carbocycles. The Morgan fingerprint density at radius 2 is 1.71 bits per heavy atom. The first kappa shape index (κ1) is 16.9. The first-order valence-corrected chi connectivity index (χ1v) is 9.36. The van der Waals surface area contributed by atoms with E-state index in [1.54, 1.807) is 31.2 Å². The van der Waals surface area contributed by atoms with Crippen LogP contribution in [0.3, 0.4) is 0 Å². The largest absolute Gasteiger partial charge is 0.387 e. The van der Waals surface area contributed by atoms with Crippen LogP contribution in [0.5, 0.6) is 0 Å². The Morgan fingerprint density at radius 3 is 2.33 bits per heavy atom. The molecule has 5 heteroatoms. The summed E-state index contributed by atoms with van der Waals surface area (Å²) >= 11 is 0. The van der Waals surface area contributed by atoms with E-state index in [1.807, 2.05) is 43.3 Å². The summed E-state index contributed by atoms with van der Waals surface area (Å²) in [7, 11) is -3.63. The smallest absolute Gasteiger partial charge is 0.243 e. The van der Waals surface area contributed by atoms with Gasteiger partial charge in [0.05, 0.1) is 17.0 Å². The predicted molar refractivity (Wildman–Crippen MR) is 95.0 cm³/mol. The average molecular weight is 343 g/mol. The second-order valence-electron chi connectivity index (χ2n) is 6.18. The number of hydrogen-bond acceptors (Lipinski definition) is 3. The van der Waals surface area contributed by atoms with Crippen molar-refractivity contribution >= 4 is 16.1 Å². The molecule has 2 atom stereocenters. The summed E-state index contributed by atoms with van der Waals surface area (Å²) in [6.07, 6.45) is 1.07. The van der Waals surface area contributed by atoms with Gasteiger partial charge in [0.25, 0.3) is 0 Å². The molecular formula is C19H21NO3S. The molecular weight excluding hydrogens is 322 g/mol. The molecule has 1 heterocycles. The molecule has 4 nitrogen and oxygen atoms in total. The van der Waals surface area contributed by atoms with Crippen LogP contribution in [0.15, 0.2) is 65.1 Å². The van der Waals surface area contributed by atoms with Crippen LogP contribution in [-0.4, -0.2) is 36.5 Å². The standard InChI is InChI=1S/C19H21NO3S/c1-14-8-10-18(11-9-14)24(22,23)20-13-17(19(21)15(20)2)12-16-6-4-3-5-7-16/h3-12,15,19,21H,13H2,1-2H3/b17-12+/t15-,19+/m1/s1. The summed E-state index contributed by atoms with van der Waals surface area (Å²) in [5, 5.41) is 10.5. The van der Waals surface area contributed by atoms with Gasteiger partial charge in [0.1, 0.15) is 0 Å². The van der Waals surface area contributed by atoms with Gasteiger partial charge >= 0.3 is 0 Å². The lowest BCUT2D eigenvalue weighted by Crippen LogP contribution is -2.37. The molecule has 1 fully saturated rings. The maximum Gasteiger partial charge on any atom is 0.243 e. The van der Waals surface area contributed by atoms with Gasteiger partial charge in [-0.3, -0.25) is 0 Å². The summed E-state index contributed by atoms with van der Waals surface area (Å²) in [5.74, 6) is 0. The molecule has 0 bridgehead atoms. The number of aryl methyl sites for hydroxylation is 1. The maximum absolute atomic E-state index is 12.9. The highest BCUT2D eigenvalue weighted by atomic mass is 32.2. The predicted octanol–water partition coefficient (Wildman–Crippen LogP) is 2.83. The van der Waals surface area contributed by atoms with Crippen LogP contribution in [0.2, 0.25) is 0 Å². The van der Waals surface area contributed by atoms with Gasteiger partial charge in [-0.15, -0.1) is 0 Å². The van der Waals surface area contributed by atoms with Gasteiger partial charge in [-0.2, -0.15) is 4.31 Å². The number of sulfonamides is 1. The maximum atomic E-state index is 12.9. The van der Waals surface area contributed by atoms with Crippen molar-refractivity contribution in [1.29, 1.82) is 0 Å². The summed E-state index contributed by atoms with van der Waals surface area (Å²) in [6.45, 7) is 3.86. The van der Waals surface area contributed by atoms with Crippen LogP contribution >= 0.6 is 0 Å². The Hall–Kier alpha value is -1.95. The minimum absolute atomic E-state index is 0.202. The van der Waals surface area contributed by atoms with Gasteiger partial charge in [-0.25, -0.2) is 8.42 Å². The SMILES string of the molecule is Cc1ccc(S(=O)(=O)N2C/C(=C\c3ccccc3)[C@@H](O)[C@H]2C)cc1. The van der Waals surface area contributed by atoms with Gasteiger partial charge in [0.15, 0.2) is 0 Å². The molecule has 0 aliphatic carbocycles. The zero-order valence-corrected chi connectivity index (χ0v) is 14.6. The Labute approximate surface area is 143 Å². The monoisotopic (exact) mass is 343 g/mol. The van der Waals surface area contributed by atoms with Crippen molar-refractivity contribution in [3.63, 3.8) is 0 Å². The normalized spacial score (nSPS) is 23.7. The van der Waals surface area contributed by atoms with Crippen molar-refractivity contribution in [2.45, 2.75) is 30.9 Å². The molecule has 0 radical (unpaired) electrons. The Balaban J connectivity index is 1.92. The van der Waals surface area contributed by atoms with Gasteiger partial charge in [0.2, 0.25) is 10.0 Å². The highest BCUT2D eigenvalue weighted by Crippen LogP contribution is 2.30. The summed E-state index contributed by atoms with van der Waals surface area (Å²) in [5.41, 5.74) is 2.67. The van der Waals surface area contributed by atoms with Gasteiger partial charge in [-0.05, 0) is 37.1 Å². The van der Waals surface area contributed by atoms with Crippen molar-refractivity contribution in [3.05, 3.63) is 71.3 Å². The molecule has 0 aromatic heterocycles. The molecule has 1 N–H and O–H groups in total. The van der Waals surface area contributed by atoms with Crippen LogP contribution in [-0.2, 0) is 10.0 Å². The molecule has 0 unspecified atom stereocenters. The van der Waals surface area contributed by atoms with E-state index in [0.717, 1.165) is 11.1 Å². The highest BCUT2D eigenvalue weighted by Gasteiger charge is 2.41. The third-order valence-electron chi connectivity index (χ3n) is 4.41. The number of benzene rings is 2. The van der Waals surface area contributed by atoms with Crippen molar-refractivity contribution < 1.29 is 13.5 Å². The van der Waals surface area contributed by atoms with Crippen molar-refractivity contribution in [2.24, 2.45) is 0 Å². The molecule has 24 heavy (non-hydrogen) atoms. The van der Waals surface area contributed by atoms with E-state index in [-0.39, 0.29) is 11.4 Å². The molecule has 0 spiro atoms. The quantitative estimate of drug-likeness (QED) is 0.932. The zero-order chi connectivity index (χ0) is 17.3. The molecule has 126 valence electrons. The number of aliphatic hydroxyl groups is 1. The number of hydrogen-bond donors (Lipinski definition) is 1.